The minimum atomic E-state index is -0.0249. The summed E-state index contributed by atoms with van der Waals surface area (Å²) >= 11 is 0. The van der Waals surface area contributed by atoms with E-state index >= 15 is 0 Å². The molecule has 2 aromatic rings. The van der Waals surface area contributed by atoms with Crippen LogP contribution in [0.25, 0.3) is 0 Å². The van der Waals surface area contributed by atoms with E-state index in [1.165, 1.54) is 11.1 Å². The number of rotatable bonds is 4. The molecule has 3 heteroatoms. The molecule has 0 saturated carbocycles. The van der Waals surface area contributed by atoms with Gasteiger partial charge in [0.05, 0.1) is 0 Å². The molecular formula is C22H28N2O. The van der Waals surface area contributed by atoms with Gasteiger partial charge in [-0.05, 0) is 23.0 Å². The molecule has 1 fully saturated rings. The fourth-order valence-electron chi connectivity index (χ4n) is 3.69. The lowest BCUT2D eigenvalue weighted by molar-refractivity contribution is -0.134. The van der Waals surface area contributed by atoms with Crippen LogP contribution in [0.3, 0.4) is 0 Å². The molecule has 0 bridgehead atoms. The van der Waals surface area contributed by atoms with E-state index in [2.05, 4.69) is 38.1 Å². The van der Waals surface area contributed by atoms with Crippen LogP contribution in [0.5, 0.6) is 0 Å². The zero-order chi connectivity index (χ0) is 17.9. The number of benzene rings is 2. The summed E-state index contributed by atoms with van der Waals surface area (Å²) in [5.74, 6) is 0.311. The van der Waals surface area contributed by atoms with Crippen LogP contribution in [-0.4, -0.2) is 29.9 Å². The van der Waals surface area contributed by atoms with Crippen molar-refractivity contribution >= 4 is 5.91 Å². The molecule has 1 heterocycles. The summed E-state index contributed by atoms with van der Waals surface area (Å²) in [6.45, 7) is 5.81. The number of piperidine rings is 1. The molecule has 1 aliphatic heterocycles. The van der Waals surface area contributed by atoms with Gasteiger partial charge in [-0.3, -0.25) is 4.79 Å². The van der Waals surface area contributed by atoms with Crippen molar-refractivity contribution in [2.45, 2.75) is 38.6 Å². The smallest absolute Gasteiger partial charge is 0.223 e. The van der Waals surface area contributed by atoms with E-state index in [4.69, 9.17) is 5.73 Å². The van der Waals surface area contributed by atoms with Crippen molar-refractivity contribution in [1.29, 1.82) is 0 Å². The number of likely N-dealkylation sites (tertiary alicyclic amines) is 1. The number of nitrogens with two attached hydrogens (primary N) is 1. The number of hydrogen-bond donors (Lipinski definition) is 1. The summed E-state index contributed by atoms with van der Waals surface area (Å²) in [7, 11) is 0. The van der Waals surface area contributed by atoms with Gasteiger partial charge in [-0.15, -0.1) is 0 Å². The number of carbonyl (C=O) groups excluding carboxylic acids is 1. The van der Waals surface area contributed by atoms with Crippen LogP contribution in [0, 0.1) is 5.41 Å². The van der Waals surface area contributed by atoms with Crippen LogP contribution >= 0.6 is 0 Å². The summed E-state index contributed by atoms with van der Waals surface area (Å²) in [5, 5.41) is 0. The van der Waals surface area contributed by atoms with E-state index in [1.54, 1.807) is 0 Å². The van der Waals surface area contributed by atoms with Gasteiger partial charge in [-0.1, -0.05) is 74.5 Å². The molecule has 0 aromatic heterocycles. The van der Waals surface area contributed by atoms with Gasteiger partial charge in [0.15, 0.2) is 0 Å². The predicted molar refractivity (Wildman–Crippen MR) is 102 cm³/mol. The van der Waals surface area contributed by atoms with E-state index in [0.29, 0.717) is 6.42 Å². The van der Waals surface area contributed by atoms with Crippen molar-refractivity contribution in [3.05, 3.63) is 71.8 Å². The van der Waals surface area contributed by atoms with E-state index in [9.17, 15) is 4.79 Å². The van der Waals surface area contributed by atoms with E-state index in [0.717, 1.165) is 19.5 Å². The number of amides is 1. The van der Waals surface area contributed by atoms with Gasteiger partial charge >= 0.3 is 0 Å². The van der Waals surface area contributed by atoms with Crippen LogP contribution in [0.1, 0.15) is 43.7 Å². The maximum atomic E-state index is 13.0. The highest BCUT2D eigenvalue weighted by atomic mass is 16.2. The molecule has 25 heavy (non-hydrogen) atoms. The topological polar surface area (TPSA) is 46.3 Å². The van der Waals surface area contributed by atoms with Gasteiger partial charge in [0.2, 0.25) is 5.91 Å². The maximum absolute atomic E-state index is 13.0. The summed E-state index contributed by atoms with van der Waals surface area (Å²) in [6.07, 6.45) is 1.37. The third kappa shape index (κ3) is 4.10. The zero-order valence-electron chi connectivity index (χ0n) is 15.2. The summed E-state index contributed by atoms with van der Waals surface area (Å²) in [5.41, 5.74) is 8.58. The third-order valence-corrected chi connectivity index (χ3v) is 5.45. The molecule has 1 aliphatic rings. The SMILES string of the molecule is CC1(C)CN(C(=O)CC(c2ccccc2)c2ccccc2)CCC1N. The second kappa shape index (κ2) is 7.40. The Morgan fingerprint density at radius 2 is 1.60 bits per heavy atom. The van der Waals surface area contributed by atoms with Crippen molar-refractivity contribution in [3.63, 3.8) is 0 Å². The lowest BCUT2D eigenvalue weighted by Crippen LogP contribution is -2.54. The van der Waals surface area contributed by atoms with Crippen molar-refractivity contribution in [2.24, 2.45) is 11.1 Å². The number of carbonyl (C=O) groups is 1. The van der Waals surface area contributed by atoms with Gasteiger partial charge in [0.25, 0.3) is 0 Å². The van der Waals surface area contributed by atoms with Crippen molar-refractivity contribution < 1.29 is 4.79 Å². The maximum Gasteiger partial charge on any atom is 0.223 e. The molecule has 0 aliphatic carbocycles. The monoisotopic (exact) mass is 336 g/mol. The van der Waals surface area contributed by atoms with Crippen molar-refractivity contribution in [1.82, 2.24) is 4.90 Å². The van der Waals surface area contributed by atoms with Crippen LogP contribution in [0.15, 0.2) is 60.7 Å². The fraction of sp³-hybridized carbons (Fsp3) is 0.409. The Bertz CT molecular complexity index is 657. The molecule has 2 aromatic carbocycles. The molecular weight excluding hydrogens is 308 g/mol. The van der Waals surface area contributed by atoms with Gasteiger partial charge in [0.1, 0.15) is 0 Å². The molecule has 132 valence electrons. The van der Waals surface area contributed by atoms with Gasteiger partial charge in [-0.2, -0.15) is 0 Å². The Morgan fingerprint density at radius 1 is 1.08 bits per heavy atom. The Morgan fingerprint density at radius 3 is 2.08 bits per heavy atom. The standard InChI is InChI=1S/C22H28N2O/c1-22(2)16-24(14-13-20(22)23)21(25)15-19(17-9-5-3-6-10-17)18-11-7-4-8-12-18/h3-12,19-20H,13-16,23H2,1-2H3. The van der Waals surface area contributed by atoms with Crippen LogP contribution in [0.2, 0.25) is 0 Å². The Kier molecular flexibility index (Phi) is 5.24. The summed E-state index contributed by atoms with van der Waals surface area (Å²) in [6, 6.07) is 20.8. The molecule has 1 amide bonds. The first-order valence-corrected chi connectivity index (χ1v) is 9.10. The lowest BCUT2D eigenvalue weighted by atomic mass is 9.79. The average molecular weight is 336 g/mol. The molecule has 2 N–H and O–H groups in total. The molecule has 1 atom stereocenters. The predicted octanol–water partition coefficient (Wildman–Crippen LogP) is 3.79. The fourth-order valence-corrected chi connectivity index (χ4v) is 3.69. The molecule has 3 nitrogen and oxygen atoms in total. The third-order valence-electron chi connectivity index (χ3n) is 5.45. The normalized spacial score (nSPS) is 19.8. The second-order valence-electron chi connectivity index (χ2n) is 7.78. The minimum Gasteiger partial charge on any atom is -0.342 e. The largest absolute Gasteiger partial charge is 0.342 e. The average Bonchev–Trinajstić information content (AvgIpc) is 2.63. The van der Waals surface area contributed by atoms with E-state index in [1.807, 2.05) is 41.3 Å². The first-order chi connectivity index (χ1) is 12.0. The quantitative estimate of drug-likeness (QED) is 0.923. The van der Waals surface area contributed by atoms with Gasteiger partial charge in [-0.25, -0.2) is 0 Å². The molecule has 1 unspecified atom stereocenters. The van der Waals surface area contributed by atoms with Crippen LogP contribution < -0.4 is 5.73 Å². The second-order valence-corrected chi connectivity index (χ2v) is 7.78. The lowest BCUT2D eigenvalue weighted by Gasteiger charge is -2.43. The Hall–Kier alpha value is -2.13. The first kappa shape index (κ1) is 17.7. The highest BCUT2D eigenvalue weighted by Gasteiger charge is 2.35. The number of nitrogens with zero attached hydrogens (tertiary/aromatic N) is 1. The molecule has 0 spiro atoms. The minimum absolute atomic E-state index is 0.0249. The van der Waals surface area contributed by atoms with Crippen LogP contribution in [-0.2, 0) is 4.79 Å². The Balaban J connectivity index is 1.80. The van der Waals surface area contributed by atoms with Gasteiger partial charge < -0.3 is 10.6 Å². The highest BCUT2D eigenvalue weighted by molar-refractivity contribution is 5.78. The van der Waals surface area contributed by atoms with Crippen molar-refractivity contribution in [2.75, 3.05) is 13.1 Å². The number of hydrogen-bond acceptors (Lipinski definition) is 2. The van der Waals surface area contributed by atoms with E-state index in [-0.39, 0.29) is 23.3 Å². The zero-order valence-corrected chi connectivity index (χ0v) is 15.2. The summed E-state index contributed by atoms with van der Waals surface area (Å²) < 4.78 is 0. The van der Waals surface area contributed by atoms with Crippen molar-refractivity contribution in [3.8, 4) is 0 Å². The molecule has 3 rings (SSSR count). The van der Waals surface area contributed by atoms with E-state index < -0.39 is 0 Å². The molecule has 0 radical (unpaired) electrons. The molecule has 1 saturated heterocycles. The first-order valence-electron chi connectivity index (χ1n) is 9.10. The van der Waals surface area contributed by atoms with Gasteiger partial charge in [0, 0.05) is 31.5 Å². The summed E-state index contributed by atoms with van der Waals surface area (Å²) in [4.78, 5) is 15.0. The highest BCUT2D eigenvalue weighted by Crippen LogP contribution is 2.32. The van der Waals surface area contributed by atoms with Crippen LogP contribution in [0.4, 0.5) is 0 Å². The Labute approximate surface area is 150 Å².